The topological polar surface area (TPSA) is 79.7 Å². The first-order valence-corrected chi connectivity index (χ1v) is 11.1. The van der Waals surface area contributed by atoms with Gasteiger partial charge in [0.05, 0.1) is 6.26 Å². The SMILES string of the molecule is CS(=O)(=O)N1CCC(C(=O)N2C[C@@H]3C[C@H](C2)c2cccc(=O)n2C3)CC1. The molecule has 1 aromatic heterocycles. The third-order valence-corrected chi connectivity index (χ3v) is 7.37. The van der Waals surface area contributed by atoms with Gasteiger partial charge in [-0.3, -0.25) is 9.59 Å². The van der Waals surface area contributed by atoms with E-state index < -0.39 is 10.0 Å². The van der Waals surface area contributed by atoms with Gasteiger partial charge in [0.2, 0.25) is 15.9 Å². The predicted octanol–water partition coefficient (Wildman–Crippen LogP) is 0.466. The number of carbonyl (C=O) groups is 1. The molecule has 142 valence electrons. The molecule has 4 heterocycles. The number of carbonyl (C=O) groups excluding carboxylic acids is 1. The number of hydrogen-bond acceptors (Lipinski definition) is 4. The Morgan fingerprint density at radius 2 is 1.85 bits per heavy atom. The Morgan fingerprint density at radius 1 is 1.12 bits per heavy atom. The highest BCUT2D eigenvalue weighted by molar-refractivity contribution is 7.88. The molecule has 2 bridgehead atoms. The van der Waals surface area contributed by atoms with Crippen LogP contribution >= 0.6 is 0 Å². The van der Waals surface area contributed by atoms with Gasteiger partial charge in [-0.05, 0) is 31.2 Å². The minimum atomic E-state index is -3.17. The molecule has 0 radical (unpaired) electrons. The Bertz CT molecular complexity index is 871. The molecule has 3 aliphatic heterocycles. The zero-order chi connectivity index (χ0) is 18.5. The highest BCUT2D eigenvalue weighted by Crippen LogP contribution is 2.36. The van der Waals surface area contributed by atoms with E-state index in [4.69, 9.17) is 0 Å². The molecule has 0 N–H and O–H groups in total. The number of nitrogens with zero attached hydrogens (tertiary/aromatic N) is 3. The summed E-state index contributed by atoms with van der Waals surface area (Å²) in [7, 11) is -3.17. The van der Waals surface area contributed by atoms with Gasteiger partial charge in [-0.2, -0.15) is 0 Å². The number of fused-ring (bicyclic) bond motifs is 4. The van der Waals surface area contributed by atoms with E-state index in [1.54, 1.807) is 12.1 Å². The molecular formula is C18H25N3O4S. The third-order valence-electron chi connectivity index (χ3n) is 6.06. The average Bonchev–Trinajstić information content (AvgIpc) is 2.61. The first-order chi connectivity index (χ1) is 12.3. The van der Waals surface area contributed by atoms with Crippen molar-refractivity contribution in [1.29, 1.82) is 0 Å². The molecule has 0 aliphatic carbocycles. The molecule has 2 saturated heterocycles. The maximum Gasteiger partial charge on any atom is 0.250 e. The first-order valence-electron chi connectivity index (χ1n) is 9.26. The van der Waals surface area contributed by atoms with Crippen LogP contribution in [0.4, 0.5) is 0 Å². The summed E-state index contributed by atoms with van der Waals surface area (Å²) in [6, 6.07) is 5.40. The minimum Gasteiger partial charge on any atom is -0.341 e. The van der Waals surface area contributed by atoms with Gasteiger partial charge in [0.25, 0.3) is 5.56 Å². The fourth-order valence-electron chi connectivity index (χ4n) is 4.77. The molecule has 0 unspecified atom stereocenters. The fourth-order valence-corrected chi connectivity index (χ4v) is 5.64. The van der Waals surface area contributed by atoms with Crippen molar-refractivity contribution in [2.24, 2.45) is 11.8 Å². The van der Waals surface area contributed by atoms with E-state index in [0.717, 1.165) is 12.1 Å². The van der Waals surface area contributed by atoms with Gasteiger partial charge in [-0.1, -0.05) is 6.07 Å². The van der Waals surface area contributed by atoms with E-state index >= 15 is 0 Å². The van der Waals surface area contributed by atoms with E-state index in [9.17, 15) is 18.0 Å². The summed E-state index contributed by atoms with van der Waals surface area (Å²) in [6.45, 7) is 2.89. The molecule has 1 amide bonds. The van der Waals surface area contributed by atoms with Crippen molar-refractivity contribution in [3.63, 3.8) is 0 Å². The van der Waals surface area contributed by atoms with E-state index in [2.05, 4.69) is 0 Å². The van der Waals surface area contributed by atoms with Crippen molar-refractivity contribution < 1.29 is 13.2 Å². The Kier molecular flexibility index (Phi) is 4.43. The molecule has 3 aliphatic rings. The van der Waals surface area contributed by atoms with Gasteiger partial charge in [-0.25, -0.2) is 12.7 Å². The van der Waals surface area contributed by atoms with Crippen molar-refractivity contribution in [1.82, 2.24) is 13.8 Å². The highest BCUT2D eigenvalue weighted by atomic mass is 32.2. The van der Waals surface area contributed by atoms with E-state index in [1.807, 2.05) is 15.5 Å². The Labute approximate surface area is 153 Å². The van der Waals surface area contributed by atoms with Crippen molar-refractivity contribution in [2.75, 3.05) is 32.4 Å². The van der Waals surface area contributed by atoms with Crippen LogP contribution in [0.15, 0.2) is 23.0 Å². The lowest BCUT2D eigenvalue weighted by atomic mass is 9.82. The van der Waals surface area contributed by atoms with Crippen LogP contribution in [0.25, 0.3) is 0 Å². The summed E-state index contributed by atoms with van der Waals surface area (Å²) in [5, 5.41) is 0. The van der Waals surface area contributed by atoms with Crippen molar-refractivity contribution in [2.45, 2.75) is 31.7 Å². The van der Waals surface area contributed by atoms with Crippen molar-refractivity contribution in [3.8, 4) is 0 Å². The standard InChI is InChI=1S/C18H25N3O4S/c1-26(24,25)20-7-5-14(6-8-20)18(23)19-10-13-9-15(12-19)16-3-2-4-17(22)21(16)11-13/h2-4,13-15H,5-12H2,1H3/t13-,15+/m0/s1. The van der Waals surface area contributed by atoms with Crippen LogP contribution in [-0.4, -0.2) is 60.5 Å². The molecule has 4 rings (SSSR count). The van der Waals surface area contributed by atoms with E-state index in [-0.39, 0.29) is 23.3 Å². The second kappa shape index (κ2) is 6.49. The van der Waals surface area contributed by atoms with Gasteiger partial charge in [0.15, 0.2) is 0 Å². The highest BCUT2D eigenvalue weighted by Gasteiger charge is 2.39. The quantitative estimate of drug-likeness (QED) is 0.748. The Morgan fingerprint density at radius 3 is 2.54 bits per heavy atom. The number of hydrogen-bond donors (Lipinski definition) is 0. The number of sulfonamides is 1. The van der Waals surface area contributed by atoms with Crippen LogP contribution in [0.2, 0.25) is 0 Å². The predicted molar refractivity (Wildman–Crippen MR) is 97.3 cm³/mol. The summed E-state index contributed by atoms with van der Waals surface area (Å²) >= 11 is 0. The number of likely N-dealkylation sites (tertiary alicyclic amines) is 1. The molecule has 2 atom stereocenters. The van der Waals surface area contributed by atoms with Gasteiger partial charge < -0.3 is 9.47 Å². The summed E-state index contributed by atoms with van der Waals surface area (Å²) in [6.07, 6.45) is 3.43. The lowest BCUT2D eigenvalue weighted by molar-refractivity contribution is -0.139. The number of piperidine rings is 2. The maximum absolute atomic E-state index is 13.0. The molecule has 2 fully saturated rings. The maximum atomic E-state index is 13.0. The van der Waals surface area contributed by atoms with Gasteiger partial charge in [-0.15, -0.1) is 0 Å². The summed E-state index contributed by atoms with van der Waals surface area (Å²) in [4.78, 5) is 27.1. The Balaban J connectivity index is 1.46. The normalized spacial score (nSPS) is 27.2. The second-order valence-electron chi connectivity index (χ2n) is 7.88. The van der Waals surface area contributed by atoms with Gasteiger partial charge >= 0.3 is 0 Å². The molecule has 1 aromatic rings. The van der Waals surface area contributed by atoms with Crippen LogP contribution in [-0.2, 0) is 21.4 Å². The van der Waals surface area contributed by atoms with Crippen molar-refractivity contribution >= 4 is 15.9 Å². The minimum absolute atomic E-state index is 0.0464. The summed E-state index contributed by atoms with van der Waals surface area (Å²) < 4.78 is 26.6. The number of rotatable bonds is 2. The zero-order valence-corrected chi connectivity index (χ0v) is 15.8. The van der Waals surface area contributed by atoms with Crippen LogP contribution in [0.3, 0.4) is 0 Å². The van der Waals surface area contributed by atoms with Gasteiger partial charge in [0.1, 0.15) is 0 Å². The molecule has 8 heteroatoms. The van der Waals surface area contributed by atoms with Gasteiger partial charge in [0, 0.05) is 56.3 Å². The zero-order valence-electron chi connectivity index (χ0n) is 15.0. The third kappa shape index (κ3) is 3.20. The van der Waals surface area contributed by atoms with E-state index in [1.165, 1.54) is 10.6 Å². The van der Waals surface area contributed by atoms with E-state index in [0.29, 0.717) is 51.5 Å². The van der Waals surface area contributed by atoms with Crippen LogP contribution < -0.4 is 5.56 Å². The molecule has 7 nitrogen and oxygen atoms in total. The smallest absolute Gasteiger partial charge is 0.250 e. The largest absolute Gasteiger partial charge is 0.341 e. The molecule has 0 aromatic carbocycles. The second-order valence-corrected chi connectivity index (χ2v) is 9.86. The number of pyridine rings is 1. The molecule has 0 spiro atoms. The summed E-state index contributed by atoms with van der Waals surface area (Å²) in [5.41, 5.74) is 1.09. The van der Waals surface area contributed by atoms with Crippen molar-refractivity contribution in [3.05, 3.63) is 34.2 Å². The lowest BCUT2D eigenvalue weighted by Gasteiger charge is -2.44. The first kappa shape index (κ1) is 17.7. The Hall–Kier alpha value is -1.67. The lowest BCUT2D eigenvalue weighted by Crippen LogP contribution is -2.52. The molecule has 26 heavy (non-hydrogen) atoms. The monoisotopic (exact) mass is 379 g/mol. The molecular weight excluding hydrogens is 354 g/mol. The number of amides is 1. The average molecular weight is 379 g/mol. The van der Waals surface area contributed by atoms with Crippen LogP contribution in [0, 0.1) is 11.8 Å². The van der Waals surface area contributed by atoms with Crippen LogP contribution in [0.5, 0.6) is 0 Å². The fraction of sp³-hybridized carbons (Fsp3) is 0.667. The number of aromatic nitrogens is 1. The molecule has 0 saturated carbocycles. The summed E-state index contributed by atoms with van der Waals surface area (Å²) in [5.74, 6) is 0.599. The van der Waals surface area contributed by atoms with Crippen LogP contribution in [0.1, 0.15) is 30.9 Å².